The lowest BCUT2D eigenvalue weighted by Crippen LogP contribution is -2.40. The number of halogens is 1. The number of thiophene rings is 1. The molecule has 2 aliphatic rings. The number of nitrogens with zero attached hydrogens (tertiary/aromatic N) is 4. The molecule has 1 saturated carbocycles. The van der Waals surface area contributed by atoms with E-state index in [1.54, 1.807) is 18.3 Å². The first-order chi connectivity index (χ1) is 13.0. The summed E-state index contributed by atoms with van der Waals surface area (Å²) in [4.78, 5) is 24.5. The summed E-state index contributed by atoms with van der Waals surface area (Å²) in [5.74, 6) is 0.279. The predicted molar refractivity (Wildman–Crippen MR) is 104 cm³/mol. The van der Waals surface area contributed by atoms with Gasteiger partial charge in [0.05, 0.1) is 5.69 Å². The van der Waals surface area contributed by atoms with E-state index in [9.17, 15) is 9.18 Å². The molecule has 1 aliphatic heterocycles. The number of aryl methyl sites for hydroxylation is 1. The molecule has 4 rings (SSSR count). The standard InChI is InChI=1S/C20H25FN4OS/c1-3-16-18(21)19(23-13-22-16)24-7-5-20(6-8-24)10-17(20)25(14(2)26)11-15-4-9-27-12-15/h4,9,12-13,17H,3,5-8,10-11H2,1-2H3/t17-/m1/s1. The van der Waals surface area contributed by atoms with Crippen LogP contribution in [0.15, 0.2) is 23.2 Å². The Labute approximate surface area is 163 Å². The van der Waals surface area contributed by atoms with E-state index in [0.29, 0.717) is 30.5 Å². The molecule has 1 aliphatic carbocycles. The smallest absolute Gasteiger partial charge is 0.220 e. The van der Waals surface area contributed by atoms with Gasteiger partial charge in [-0.25, -0.2) is 14.4 Å². The topological polar surface area (TPSA) is 49.3 Å². The largest absolute Gasteiger partial charge is 0.354 e. The van der Waals surface area contributed by atoms with Gasteiger partial charge in [0, 0.05) is 32.6 Å². The van der Waals surface area contributed by atoms with Gasteiger partial charge in [-0.3, -0.25) is 4.79 Å². The molecule has 2 aromatic rings. The lowest BCUT2D eigenvalue weighted by atomic mass is 9.92. The summed E-state index contributed by atoms with van der Waals surface area (Å²) in [6.45, 7) is 5.81. The van der Waals surface area contributed by atoms with Gasteiger partial charge in [0.25, 0.3) is 0 Å². The molecule has 7 heteroatoms. The van der Waals surface area contributed by atoms with Gasteiger partial charge in [0.1, 0.15) is 6.33 Å². The average Bonchev–Trinajstić information content (AvgIpc) is 3.10. The molecule has 1 saturated heterocycles. The van der Waals surface area contributed by atoms with Crippen molar-refractivity contribution < 1.29 is 9.18 Å². The molecule has 144 valence electrons. The molecule has 27 heavy (non-hydrogen) atoms. The number of anilines is 1. The number of hydrogen-bond acceptors (Lipinski definition) is 5. The first-order valence-corrected chi connectivity index (χ1v) is 10.5. The van der Waals surface area contributed by atoms with E-state index in [1.807, 2.05) is 16.7 Å². The fraction of sp³-hybridized carbons (Fsp3) is 0.550. The maximum absolute atomic E-state index is 14.6. The number of carbonyl (C=O) groups excluding carboxylic acids is 1. The maximum Gasteiger partial charge on any atom is 0.220 e. The summed E-state index contributed by atoms with van der Waals surface area (Å²) < 4.78 is 14.6. The third-order valence-corrected chi connectivity index (χ3v) is 6.83. The Morgan fingerprint density at radius 1 is 1.41 bits per heavy atom. The Bertz CT molecular complexity index is 817. The molecule has 2 fully saturated rings. The normalized spacial score (nSPS) is 20.7. The quantitative estimate of drug-likeness (QED) is 0.785. The lowest BCUT2D eigenvalue weighted by Gasteiger charge is -2.35. The zero-order valence-electron chi connectivity index (χ0n) is 15.8. The van der Waals surface area contributed by atoms with Crippen molar-refractivity contribution in [1.82, 2.24) is 14.9 Å². The molecule has 1 spiro atoms. The molecule has 0 aromatic carbocycles. The first kappa shape index (κ1) is 18.3. The van der Waals surface area contributed by atoms with Crippen molar-refractivity contribution in [3.63, 3.8) is 0 Å². The Morgan fingerprint density at radius 3 is 2.81 bits per heavy atom. The molecule has 5 nitrogen and oxygen atoms in total. The highest BCUT2D eigenvalue weighted by Gasteiger charge is 2.58. The van der Waals surface area contributed by atoms with E-state index in [0.717, 1.165) is 32.4 Å². The SMILES string of the molecule is CCc1ncnc(N2CCC3(CC2)C[C@H]3N(Cc2ccsc2)C(C)=O)c1F. The van der Waals surface area contributed by atoms with Crippen molar-refractivity contribution in [2.75, 3.05) is 18.0 Å². The van der Waals surface area contributed by atoms with Gasteiger partial charge in [-0.1, -0.05) is 6.92 Å². The third-order valence-electron chi connectivity index (χ3n) is 6.10. The molecule has 0 unspecified atom stereocenters. The number of piperidine rings is 1. The summed E-state index contributed by atoms with van der Waals surface area (Å²) in [7, 11) is 0. The van der Waals surface area contributed by atoms with Crippen LogP contribution in [0.25, 0.3) is 0 Å². The minimum Gasteiger partial charge on any atom is -0.354 e. The minimum atomic E-state index is -0.286. The van der Waals surface area contributed by atoms with Gasteiger partial charge in [-0.15, -0.1) is 0 Å². The van der Waals surface area contributed by atoms with Crippen molar-refractivity contribution in [3.8, 4) is 0 Å². The lowest BCUT2D eigenvalue weighted by molar-refractivity contribution is -0.130. The van der Waals surface area contributed by atoms with Crippen molar-refractivity contribution >= 4 is 23.1 Å². The van der Waals surface area contributed by atoms with Crippen molar-refractivity contribution in [2.45, 2.75) is 52.1 Å². The van der Waals surface area contributed by atoms with Gasteiger partial charge in [-0.05, 0) is 53.5 Å². The zero-order chi connectivity index (χ0) is 19.0. The minimum absolute atomic E-state index is 0.139. The third kappa shape index (κ3) is 3.45. The summed E-state index contributed by atoms with van der Waals surface area (Å²) >= 11 is 1.66. The van der Waals surface area contributed by atoms with Gasteiger partial charge in [-0.2, -0.15) is 11.3 Å². The highest BCUT2D eigenvalue weighted by Crippen LogP contribution is 2.57. The van der Waals surface area contributed by atoms with Crippen LogP contribution in [0.3, 0.4) is 0 Å². The van der Waals surface area contributed by atoms with Crippen molar-refractivity contribution in [3.05, 3.63) is 40.2 Å². The van der Waals surface area contributed by atoms with Crippen LogP contribution in [0.5, 0.6) is 0 Å². The summed E-state index contributed by atoms with van der Waals surface area (Å²) in [6.07, 6.45) is 5.01. The molecule has 1 atom stereocenters. The Kier molecular flexibility index (Phi) is 4.88. The van der Waals surface area contributed by atoms with E-state index in [1.165, 1.54) is 11.9 Å². The highest BCUT2D eigenvalue weighted by atomic mass is 32.1. The van der Waals surface area contributed by atoms with E-state index < -0.39 is 0 Å². The number of hydrogen-bond donors (Lipinski definition) is 0. The molecule has 0 bridgehead atoms. The molecule has 0 N–H and O–H groups in total. The number of aromatic nitrogens is 2. The van der Waals surface area contributed by atoms with Crippen LogP contribution in [-0.4, -0.2) is 39.9 Å². The van der Waals surface area contributed by atoms with Crippen LogP contribution in [-0.2, 0) is 17.8 Å². The molecular formula is C20H25FN4OS. The summed E-state index contributed by atoms with van der Waals surface area (Å²) in [5, 5.41) is 4.16. The van der Waals surface area contributed by atoms with Gasteiger partial charge in [0.15, 0.2) is 11.6 Å². The van der Waals surface area contributed by atoms with Crippen LogP contribution in [0.2, 0.25) is 0 Å². The highest BCUT2D eigenvalue weighted by molar-refractivity contribution is 7.07. The predicted octanol–water partition coefficient (Wildman–Crippen LogP) is 3.65. The Morgan fingerprint density at radius 2 is 2.19 bits per heavy atom. The number of rotatable bonds is 5. The Balaban J connectivity index is 1.43. The second-order valence-corrected chi connectivity index (χ2v) is 8.44. The average molecular weight is 389 g/mol. The zero-order valence-corrected chi connectivity index (χ0v) is 16.6. The first-order valence-electron chi connectivity index (χ1n) is 9.56. The van der Waals surface area contributed by atoms with E-state index in [2.05, 4.69) is 26.8 Å². The van der Waals surface area contributed by atoms with Gasteiger partial charge >= 0.3 is 0 Å². The second kappa shape index (κ2) is 7.19. The van der Waals surface area contributed by atoms with Gasteiger partial charge in [0.2, 0.25) is 5.91 Å². The molecular weight excluding hydrogens is 363 g/mol. The van der Waals surface area contributed by atoms with Crippen LogP contribution in [0, 0.1) is 11.2 Å². The fourth-order valence-corrected chi connectivity index (χ4v) is 5.01. The van der Waals surface area contributed by atoms with Crippen molar-refractivity contribution in [1.29, 1.82) is 0 Å². The number of amides is 1. The van der Waals surface area contributed by atoms with Gasteiger partial charge < -0.3 is 9.80 Å². The van der Waals surface area contributed by atoms with Crippen LogP contribution >= 0.6 is 11.3 Å². The maximum atomic E-state index is 14.6. The molecule has 2 aromatic heterocycles. The van der Waals surface area contributed by atoms with E-state index in [-0.39, 0.29) is 17.1 Å². The molecule has 3 heterocycles. The molecule has 0 radical (unpaired) electrons. The van der Waals surface area contributed by atoms with Crippen LogP contribution in [0.1, 0.15) is 44.4 Å². The van der Waals surface area contributed by atoms with Crippen LogP contribution in [0.4, 0.5) is 10.2 Å². The monoisotopic (exact) mass is 388 g/mol. The van der Waals surface area contributed by atoms with E-state index >= 15 is 0 Å². The number of carbonyl (C=O) groups is 1. The van der Waals surface area contributed by atoms with Crippen molar-refractivity contribution in [2.24, 2.45) is 5.41 Å². The summed E-state index contributed by atoms with van der Waals surface area (Å²) in [5.41, 5.74) is 1.86. The van der Waals surface area contributed by atoms with Crippen LogP contribution < -0.4 is 4.90 Å². The van der Waals surface area contributed by atoms with E-state index in [4.69, 9.17) is 0 Å². The molecule has 1 amide bonds. The Hall–Kier alpha value is -2.02. The summed E-state index contributed by atoms with van der Waals surface area (Å²) in [6, 6.07) is 2.39. The second-order valence-electron chi connectivity index (χ2n) is 7.66. The fourth-order valence-electron chi connectivity index (χ4n) is 4.35.